The van der Waals surface area contributed by atoms with E-state index in [-0.39, 0.29) is 6.54 Å². The number of azide groups is 1. The molecule has 84 valence electrons. The Hall–Kier alpha value is -1.81. The van der Waals surface area contributed by atoms with Gasteiger partial charge in [0.2, 0.25) is 0 Å². The first-order chi connectivity index (χ1) is 7.69. The monoisotopic (exact) mass is 219 g/mol. The summed E-state index contributed by atoms with van der Waals surface area (Å²) in [4.78, 5) is 2.52. The third kappa shape index (κ3) is 3.10. The maximum absolute atomic E-state index is 9.72. The van der Waals surface area contributed by atoms with Crippen LogP contribution in [0.3, 0.4) is 0 Å². The molecule has 0 bridgehead atoms. The molecule has 0 saturated heterocycles. The summed E-state index contributed by atoms with van der Waals surface area (Å²) in [5, 5.41) is 22.4. The molecule has 0 amide bonds. The predicted octanol–water partition coefficient (Wildman–Crippen LogP) is 2.03. The minimum Gasteiger partial charge on any atom is -0.390 e. The van der Waals surface area contributed by atoms with Gasteiger partial charge in [-0.2, -0.15) is 0 Å². The van der Waals surface area contributed by atoms with Crippen molar-refractivity contribution in [1.82, 2.24) is 0 Å². The quantitative estimate of drug-likeness (QED) is 0.450. The summed E-state index contributed by atoms with van der Waals surface area (Å²) < 4.78 is 0. The van der Waals surface area contributed by atoms with Gasteiger partial charge in [0.25, 0.3) is 0 Å². The zero-order valence-corrected chi connectivity index (χ0v) is 8.69. The van der Waals surface area contributed by atoms with Gasteiger partial charge in [-0.15, -0.1) is 0 Å². The van der Waals surface area contributed by atoms with E-state index in [9.17, 15) is 10.2 Å². The SMILES string of the molecule is C=Cc1ccc(C(O)C(O)CN=[N+]=[N-])cc1. The Morgan fingerprint density at radius 2 is 2.00 bits per heavy atom. The maximum Gasteiger partial charge on any atom is 0.105 e. The van der Waals surface area contributed by atoms with Crippen LogP contribution in [0.1, 0.15) is 17.2 Å². The van der Waals surface area contributed by atoms with Gasteiger partial charge in [-0.3, -0.25) is 0 Å². The highest BCUT2D eigenvalue weighted by Gasteiger charge is 2.16. The number of hydrogen-bond acceptors (Lipinski definition) is 3. The Bertz CT molecular complexity index is 396. The molecule has 0 aliphatic rings. The fraction of sp³-hybridized carbons (Fsp3) is 0.273. The molecule has 0 aromatic heterocycles. The lowest BCUT2D eigenvalue weighted by atomic mass is 10.0. The number of hydrogen-bond donors (Lipinski definition) is 2. The van der Waals surface area contributed by atoms with Crippen molar-refractivity contribution in [2.45, 2.75) is 12.2 Å². The first-order valence-corrected chi connectivity index (χ1v) is 4.78. The first-order valence-electron chi connectivity index (χ1n) is 4.78. The molecule has 0 aliphatic carbocycles. The normalized spacial score (nSPS) is 13.6. The van der Waals surface area contributed by atoms with E-state index in [1.54, 1.807) is 30.3 Å². The van der Waals surface area contributed by atoms with Crippen LogP contribution in [0, 0.1) is 0 Å². The fourth-order valence-corrected chi connectivity index (χ4v) is 1.27. The minimum atomic E-state index is -1.09. The average Bonchev–Trinajstić information content (AvgIpc) is 2.35. The molecule has 2 N–H and O–H groups in total. The highest BCUT2D eigenvalue weighted by atomic mass is 16.3. The Kier molecular flexibility index (Phi) is 4.54. The molecule has 0 fully saturated rings. The second-order valence-corrected chi connectivity index (χ2v) is 3.30. The van der Waals surface area contributed by atoms with E-state index in [4.69, 9.17) is 5.53 Å². The Balaban J connectivity index is 2.74. The van der Waals surface area contributed by atoms with E-state index in [1.165, 1.54) is 0 Å². The third-order valence-electron chi connectivity index (χ3n) is 2.21. The fourth-order valence-electron chi connectivity index (χ4n) is 1.27. The molecule has 16 heavy (non-hydrogen) atoms. The van der Waals surface area contributed by atoms with Crippen molar-refractivity contribution in [2.75, 3.05) is 6.54 Å². The summed E-state index contributed by atoms with van der Waals surface area (Å²) in [5.74, 6) is 0. The van der Waals surface area contributed by atoms with Crippen LogP contribution in [0.25, 0.3) is 16.5 Å². The molecule has 2 unspecified atom stereocenters. The van der Waals surface area contributed by atoms with E-state index in [0.717, 1.165) is 5.56 Å². The van der Waals surface area contributed by atoms with Crippen molar-refractivity contribution in [3.8, 4) is 0 Å². The number of aliphatic hydroxyl groups excluding tert-OH is 2. The van der Waals surface area contributed by atoms with Gasteiger partial charge in [0.1, 0.15) is 6.10 Å². The Morgan fingerprint density at radius 3 is 2.50 bits per heavy atom. The van der Waals surface area contributed by atoms with Gasteiger partial charge in [0.15, 0.2) is 0 Å². The van der Waals surface area contributed by atoms with Gasteiger partial charge in [-0.1, -0.05) is 42.0 Å². The standard InChI is InChI=1S/C11H13N3O2/c1-2-8-3-5-9(6-4-8)11(16)10(15)7-13-14-12/h2-6,10-11,15-16H,1,7H2. The summed E-state index contributed by atoms with van der Waals surface area (Å²) in [6.07, 6.45) is -0.457. The molecule has 2 atom stereocenters. The van der Waals surface area contributed by atoms with Gasteiger partial charge in [0, 0.05) is 4.91 Å². The zero-order chi connectivity index (χ0) is 12.0. The molecule has 1 aromatic rings. The Morgan fingerprint density at radius 1 is 1.38 bits per heavy atom. The van der Waals surface area contributed by atoms with Crippen molar-refractivity contribution in [2.24, 2.45) is 5.11 Å². The third-order valence-corrected chi connectivity index (χ3v) is 2.21. The van der Waals surface area contributed by atoms with Crippen molar-refractivity contribution < 1.29 is 10.2 Å². The average molecular weight is 219 g/mol. The van der Waals surface area contributed by atoms with Crippen LogP contribution >= 0.6 is 0 Å². The van der Waals surface area contributed by atoms with E-state index in [2.05, 4.69) is 16.6 Å². The molecule has 0 radical (unpaired) electrons. The largest absolute Gasteiger partial charge is 0.390 e. The van der Waals surface area contributed by atoms with Crippen molar-refractivity contribution in [3.05, 3.63) is 52.4 Å². The van der Waals surface area contributed by atoms with E-state index in [0.29, 0.717) is 5.56 Å². The number of benzene rings is 1. The molecule has 1 aromatic carbocycles. The van der Waals surface area contributed by atoms with Gasteiger partial charge in [0.05, 0.1) is 12.6 Å². The van der Waals surface area contributed by atoms with Crippen molar-refractivity contribution in [3.63, 3.8) is 0 Å². The van der Waals surface area contributed by atoms with Gasteiger partial charge < -0.3 is 10.2 Å². The predicted molar refractivity (Wildman–Crippen MR) is 61.5 cm³/mol. The zero-order valence-electron chi connectivity index (χ0n) is 8.69. The number of rotatable bonds is 5. The summed E-state index contributed by atoms with van der Waals surface area (Å²) in [5.41, 5.74) is 9.60. The summed E-state index contributed by atoms with van der Waals surface area (Å²) >= 11 is 0. The van der Waals surface area contributed by atoms with E-state index in [1.807, 2.05) is 0 Å². The smallest absolute Gasteiger partial charge is 0.105 e. The van der Waals surface area contributed by atoms with E-state index < -0.39 is 12.2 Å². The molecule has 5 nitrogen and oxygen atoms in total. The molecule has 0 aliphatic heterocycles. The Labute approximate surface area is 93.3 Å². The second kappa shape index (κ2) is 5.92. The van der Waals surface area contributed by atoms with Crippen LogP contribution in [0.4, 0.5) is 0 Å². The van der Waals surface area contributed by atoms with E-state index >= 15 is 0 Å². The molecule has 1 rings (SSSR count). The topological polar surface area (TPSA) is 89.2 Å². The highest BCUT2D eigenvalue weighted by molar-refractivity contribution is 5.47. The van der Waals surface area contributed by atoms with Crippen LogP contribution in [0.5, 0.6) is 0 Å². The number of aliphatic hydroxyl groups is 2. The summed E-state index contributed by atoms with van der Waals surface area (Å²) in [7, 11) is 0. The highest BCUT2D eigenvalue weighted by Crippen LogP contribution is 2.18. The van der Waals surface area contributed by atoms with Crippen LogP contribution < -0.4 is 0 Å². The lowest BCUT2D eigenvalue weighted by Crippen LogP contribution is -2.21. The molecular formula is C11H13N3O2. The van der Waals surface area contributed by atoms with Crippen LogP contribution in [-0.4, -0.2) is 22.9 Å². The molecule has 5 heteroatoms. The first kappa shape index (κ1) is 12.3. The molecular weight excluding hydrogens is 206 g/mol. The summed E-state index contributed by atoms with van der Waals surface area (Å²) in [6, 6.07) is 6.96. The van der Waals surface area contributed by atoms with Crippen molar-refractivity contribution in [1.29, 1.82) is 0 Å². The van der Waals surface area contributed by atoms with Crippen molar-refractivity contribution >= 4 is 6.08 Å². The van der Waals surface area contributed by atoms with Crippen LogP contribution in [0.15, 0.2) is 36.0 Å². The molecule has 0 saturated carbocycles. The maximum atomic E-state index is 9.72. The molecule has 0 spiro atoms. The van der Waals surface area contributed by atoms with Gasteiger partial charge >= 0.3 is 0 Å². The molecule has 0 heterocycles. The van der Waals surface area contributed by atoms with Gasteiger partial charge in [-0.25, -0.2) is 0 Å². The van der Waals surface area contributed by atoms with Gasteiger partial charge in [-0.05, 0) is 16.7 Å². The number of nitrogens with zero attached hydrogens (tertiary/aromatic N) is 3. The lowest BCUT2D eigenvalue weighted by molar-refractivity contribution is 0.0244. The van der Waals surface area contributed by atoms with Crippen LogP contribution in [-0.2, 0) is 0 Å². The van der Waals surface area contributed by atoms with Crippen LogP contribution in [0.2, 0.25) is 0 Å². The lowest BCUT2D eigenvalue weighted by Gasteiger charge is -2.16. The second-order valence-electron chi connectivity index (χ2n) is 3.30. The minimum absolute atomic E-state index is 0.152. The summed E-state index contributed by atoms with van der Waals surface area (Å²) in [6.45, 7) is 3.46.